The summed E-state index contributed by atoms with van der Waals surface area (Å²) >= 11 is 1.25. The van der Waals surface area contributed by atoms with Gasteiger partial charge in [0.15, 0.2) is 11.0 Å². The van der Waals surface area contributed by atoms with Crippen molar-refractivity contribution in [1.82, 2.24) is 20.1 Å². The maximum absolute atomic E-state index is 12.6. The normalized spacial score (nSPS) is 11.6. The van der Waals surface area contributed by atoms with Gasteiger partial charge in [0.05, 0.1) is 24.0 Å². The number of esters is 1. The molecule has 2 amide bonds. The molecule has 0 saturated heterocycles. The van der Waals surface area contributed by atoms with Crippen LogP contribution in [-0.2, 0) is 16.1 Å². The quantitative estimate of drug-likeness (QED) is 0.291. The van der Waals surface area contributed by atoms with Crippen LogP contribution in [0.4, 0.5) is 5.69 Å². The third-order valence-corrected chi connectivity index (χ3v) is 6.23. The van der Waals surface area contributed by atoms with E-state index in [0.717, 1.165) is 12.0 Å². The van der Waals surface area contributed by atoms with Crippen LogP contribution in [0.2, 0.25) is 0 Å². The van der Waals surface area contributed by atoms with E-state index in [1.807, 2.05) is 44.4 Å². The smallest absolute Gasteiger partial charge is 0.338 e. The Labute approximate surface area is 215 Å². The van der Waals surface area contributed by atoms with E-state index < -0.39 is 5.97 Å². The van der Waals surface area contributed by atoms with Crippen molar-refractivity contribution in [3.05, 3.63) is 71.0 Å². The third kappa shape index (κ3) is 7.17. The molecule has 1 heterocycles. The Morgan fingerprint density at radius 3 is 2.50 bits per heavy atom. The summed E-state index contributed by atoms with van der Waals surface area (Å²) in [6.45, 7) is 8.62. The van der Waals surface area contributed by atoms with Gasteiger partial charge in [-0.15, -0.1) is 10.2 Å². The maximum atomic E-state index is 12.6. The zero-order valence-electron chi connectivity index (χ0n) is 20.9. The minimum Gasteiger partial charge on any atom is -0.462 e. The number of ether oxygens (including phenoxy) is 1. The Bertz CT molecular complexity index is 1210. The molecule has 2 N–H and O–H groups in total. The Balaban J connectivity index is 1.59. The van der Waals surface area contributed by atoms with Crippen LogP contribution in [0, 0.1) is 6.92 Å². The van der Waals surface area contributed by atoms with Crippen molar-refractivity contribution < 1.29 is 19.1 Å². The van der Waals surface area contributed by atoms with Crippen LogP contribution in [0.3, 0.4) is 0 Å². The highest BCUT2D eigenvalue weighted by atomic mass is 32.2. The Morgan fingerprint density at radius 2 is 1.81 bits per heavy atom. The van der Waals surface area contributed by atoms with Crippen molar-refractivity contribution in [3.8, 4) is 0 Å². The summed E-state index contributed by atoms with van der Waals surface area (Å²) < 4.78 is 7.02. The largest absolute Gasteiger partial charge is 0.462 e. The number of aryl methyl sites for hydroxylation is 1. The van der Waals surface area contributed by atoms with Gasteiger partial charge in [-0.25, -0.2) is 4.79 Å². The molecule has 9 nitrogen and oxygen atoms in total. The van der Waals surface area contributed by atoms with Crippen LogP contribution < -0.4 is 10.6 Å². The highest BCUT2D eigenvalue weighted by Crippen LogP contribution is 2.21. The molecule has 1 atom stereocenters. The second kappa shape index (κ2) is 12.9. The van der Waals surface area contributed by atoms with Gasteiger partial charge < -0.3 is 19.9 Å². The standard InChI is InChI=1S/C26H31N5O4S/c1-5-14-35-25(34)20-8-7-9-21(15-20)28-22(32)16-36-26-30-29-23(31(26)6-2)18(4)27-24(33)19-12-10-17(3)11-13-19/h7-13,15,18H,5-6,14,16H2,1-4H3,(H,27,33)(H,28,32)/t18-/m1/s1. The first-order valence-corrected chi connectivity index (χ1v) is 12.8. The van der Waals surface area contributed by atoms with Crippen molar-refractivity contribution in [3.63, 3.8) is 0 Å². The van der Waals surface area contributed by atoms with Gasteiger partial charge in [0.2, 0.25) is 5.91 Å². The molecular formula is C26H31N5O4S. The highest BCUT2D eigenvalue weighted by Gasteiger charge is 2.20. The topological polar surface area (TPSA) is 115 Å². The molecule has 0 bridgehead atoms. The van der Waals surface area contributed by atoms with E-state index in [9.17, 15) is 14.4 Å². The van der Waals surface area contributed by atoms with Gasteiger partial charge in [-0.2, -0.15) is 0 Å². The molecule has 2 aromatic carbocycles. The predicted octanol–water partition coefficient (Wildman–Crippen LogP) is 4.40. The van der Waals surface area contributed by atoms with Gasteiger partial charge >= 0.3 is 5.97 Å². The Morgan fingerprint density at radius 1 is 1.06 bits per heavy atom. The number of aromatic nitrogens is 3. The fraction of sp³-hybridized carbons (Fsp3) is 0.346. The molecule has 0 radical (unpaired) electrons. The van der Waals surface area contributed by atoms with E-state index >= 15 is 0 Å². The third-order valence-electron chi connectivity index (χ3n) is 5.26. The number of hydrogen-bond donors (Lipinski definition) is 2. The number of nitrogens with zero attached hydrogens (tertiary/aromatic N) is 3. The summed E-state index contributed by atoms with van der Waals surface area (Å²) in [7, 11) is 0. The van der Waals surface area contributed by atoms with Crippen molar-refractivity contribution in [2.75, 3.05) is 17.7 Å². The molecular weight excluding hydrogens is 478 g/mol. The summed E-state index contributed by atoms with van der Waals surface area (Å²) in [6.07, 6.45) is 0.737. The summed E-state index contributed by atoms with van der Waals surface area (Å²) in [5.74, 6) is -0.143. The second-order valence-electron chi connectivity index (χ2n) is 8.20. The van der Waals surface area contributed by atoms with E-state index in [0.29, 0.717) is 40.9 Å². The van der Waals surface area contributed by atoms with Crippen LogP contribution in [-0.4, -0.2) is 44.9 Å². The molecule has 0 unspecified atom stereocenters. The monoisotopic (exact) mass is 509 g/mol. The molecule has 0 aliphatic rings. The van der Waals surface area contributed by atoms with E-state index in [4.69, 9.17) is 4.74 Å². The van der Waals surface area contributed by atoms with Crippen molar-refractivity contribution in [2.24, 2.45) is 0 Å². The minimum atomic E-state index is -0.422. The zero-order chi connectivity index (χ0) is 26.1. The number of anilines is 1. The SMILES string of the molecule is CCCOC(=O)c1cccc(NC(=O)CSc2nnc([C@@H](C)NC(=O)c3ccc(C)cc3)n2CC)c1. The fourth-order valence-electron chi connectivity index (χ4n) is 3.40. The molecule has 0 saturated carbocycles. The molecule has 1 aromatic heterocycles. The van der Waals surface area contributed by atoms with Crippen LogP contribution in [0.1, 0.15) is 65.3 Å². The van der Waals surface area contributed by atoms with Gasteiger partial charge in [0, 0.05) is 17.8 Å². The summed E-state index contributed by atoms with van der Waals surface area (Å²) in [4.78, 5) is 37.2. The van der Waals surface area contributed by atoms with Crippen molar-refractivity contribution in [1.29, 1.82) is 0 Å². The molecule has 3 rings (SSSR count). The summed E-state index contributed by atoms with van der Waals surface area (Å²) in [5, 5.41) is 14.8. The van der Waals surface area contributed by atoms with Crippen molar-refractivity contribution >= 4 is 35.2 Å². The summed E-state index contributed by atoms with van der Waals surface area (Å²) in [6, 6.07) is 13.6. The maximum Gasteiger partial charge on any atom is 0.338 e. The fourth-order valence-corrected chi connectivity index (χ4v) is 4.21. The average molecular weight is 510 g/mol. The number of nitrogens with one attached hydrogen (secondary N) is 2. The van der Waals surface area contributed by atoms with Crippen molar-refractivity contribution in [2.45, 2.75) is 51.9 Å². The predicted molar refractivity (Wildman–Crippen MR) is 139 cm³/mol. The summed E-state index contributed by atoms with van der Waals surface area (Å²) in [5.41, 5.74) is 2.55. The van der Waals surface area contributed by atoms with E-state index in [1.165, 1.54) is 11.8 Å². The van der Waals surface area contributed by atoms with E-state index in [1.54, 1.807) is 36.4 Å². The molecule has 190 valence electrons. The molecule has 0 fully saturated rings. The lowest BCUT2D eigenvalue weighted by atomic mass is 10.1. The van der Waals surface area contributed by atoms with Crippen LogP contribution in [0.25, 0.3) is 0 Å². The van der Waals surface area contributed by atoms with E-state index in [-0.39, 0.29) is 23.6 Å². The Kier molecular flexibility index (Phi) is 9.63. The molecule has 0 spiro atoms. The van der Waals surface area contributed by atoms with Crippen LogP contribution in [0.5, 0.6) is 0 Å². The minimum absolute atomic E-state index is 0.104. The number of benzene rings is 2. The lowest BCUT2D eigenvalue weighted by molar-refractivity contribution is -0.113. The molecule has 10 heteroatoms. The number of carbonyl (C=O) groups is 3. The molecule has 3 aromatic rings. The number of carbonyl (C=O) groups excluding carboxylic acids is 3. The first-order chi connectivity index (χ1) is 17.3. The first-order valence-electron chi connectivity index (χ1n) is 11.8. The van der Waals surface area contributed by atoms with Gasteiger partial charge in [-0.3, -0.25) is 9.59 Å². The molecule has 0 aliphatic heterocycles. The Hall–Kier alpha value is -3.66. The van der Waals surface area contributed by atoms with Crippen LogP contribution in [0.15, 0.2) is 53.7 Å². The average Bonchev–Trinajstić information content (AvgIpc) is 3.29. The molecule has 0 aliphatic carbocycles. The molecule has 36 heavy (non-hydrogen) atoms. The van der Waals surface area contributed by atoms with E-state index in [2.05, 4.69) is 20.8 Å². The number of thioether (sulfide) groups is 1. The van der Waals surface area contributed by atoms with Gasteiger partial charge in [0.25, 0.3) is 5.91 Å². The van der Waals surface area contributed by atoms with Gasteiger partial charge in [0.1, 0.15) is 0 Å². The van der Waals surface area contributed by atoms with Crippen LogP contribution >= 0.6 is 11.8 Å². The highest BCUT2D eigenvalue weighted by molar-refractivity contribution is 7.99. The number of hydrogen-bond acceptors (Lipinski definition) is 7. The first kappa shape index (κ1) is 26.9. The van der Waals surface area contributed by atoms with Gasteiger partial charge in [-0.05, 0) is 57.5 Å². The number of amides is 2. The lowest BCUT2D eigenvalue weighted by Crippen LogP contribution is -2.28. The second-order valence-corrected chi connectivity index (χ2v) is 9.14. The van der Waals surface area contributed by atoms with Gasteiger partial charge in [-0.1, -0.05) is 42.4 Å². The zero-order valence-corrected chi connectivity index (χ0v) is 21.7. The lowest BCUT2D eigenvalue weighted by Gasteiger charge is -2.15. The number of rotatable bonds is 11.